The Kier molecular flexibility index (Phi) is 6.45. The zero-order chi connectivity index (χ0) is 26.2. The first kappa shape index (κ1) is 24.9. The van der Waals surface area contributed by atoms with Crippen LogP contribution in [0.4, 0.5) is 13.2 Å². The van der Waals surface area contributed by atoms with Crippen molar-refractivity contribution in [1.29, 1.82) is 0 Å². The average molecular weight is 535 g/mol. The van der Waals surface area contributed by atoms with Crippen molar-refractivity contribution in [1.82, 2.24) is 29.3 Å². The first-order valence-electron chi connectivity index (χ1n) is 11.3. The predicted octanol–water partition coefficient (Wildman–Crippen LogP) is 3.03. The Morgan fingerprint density at radius 1 is 1.03 bits per heavy atom. The van der Waals surface area contributed by atoms with Crippen LogP contribution in [0, 0.1) is 0 Å². The van der Waals surface area contributed by atoms with Gasteiger partial charge in [0, 0.05) is 19.0 Å². The Morgan fingerprint density at radius 2 is 1.70 bits per heavy atom. The number of hydrogen-bond donors (Lipinski definition) is 1. The van der Waals surface area contributed by atoms with E-state index < -0.39 is 32.6 Å². The van der Waals surface area contributed by atoms with Gasteiger partial charge in [-0.25, -0.2) is 18.1 Å². The molecule has 1 fully saturated rings. The number of aromatic nitrogens is 5. The second-order valence-corrected chi connectivity index (χ2v) is 10.4. The molecule has 5 rings (SSSR count). The maximum absolute atomic E-state index is 13.1. The number of nitrogens with one attached hydrogen (secondary N) is 1. The summed E-state index contributed by atoms with van der Waals surface area (Å²) in [6.45, 7) is 0.413. The number of aromatic amines is 1. The highest BCUT2D eigenvalue weighted by molar-refractivity contribution is 7.89. The Labute approximate surface area is 208 Å². The number of benzene rings is 2. The van der Waals surface area contributed by atoms with Gasteiger partial charge in [-0.2, -0.15) is 4.31 Å². The number of halogens is 3. The highest BCUT2D eigenvalue weighted by Crippen LogP contribution is 2.34. The summed E-state index contributed by atoms with van der Waals surface area (Å²) in [4.78, 5) is 19.4. The van der Waals surface area contributed by atoms with Crippen LogP contribution in [0.2, 0.25) is 0 Å². The fourth-order valence-corrected chi connectivity index (χ4v) is 5.90. The first-order chi connectivity index (χ1) is 17.6. The van der Waals surface area contributed by atoms with E-state index in [0.717, 1.165) is 22.0 Å². The Hall–Kier alpha value is -3.78. The van der Waals surface area contributed by atoms with E-state index in [4.69, 9.17) is 0 Å². The van der Waals surface area contributed by atoms with E-state index in [1.807, 2.05) is 30.3 Å². The van der Waals surface area contributed by atoms with Crippen LogP contribution in [0.5, 0.6) is 5.75 Å². The van der Waals surface area contributed by atoms with Gasteiger partial charge in [-0.05, 0) is 30.5 Å². The molecule has 1 N–H and O–H groups in total. The Bertz CT molecular complexity index is 1580. The molecule has 194 valence electrons. The molecule has 0 amide bonds. The summed E-state index contributed by atoms with van der Waals surface area (Å²) >= 11 is 0. The van der Waals surface area contributed by atoms with Gasteiger partial charge in [0.15, 0.2) is 11.2 Å². The van der Waals surface area contributed by atoms with Crippen LogP contribution >= 0.6 is 0 Å². The maximum atomic E-state index is 13.1. The molecular weight excluding hydrogens is 513 g/mol. The highest BCUT2D eigenvalue weighted by atomic mass is 32.2. The summed E-state index contributed by atoms with van der Waals surface area (Å²) in [6.07, 6.45) is -4.43. The van der Waals surface area contributed by atoms with Gasteiger partial charge < -0.3 is 9.72 Å². The molecule has 2 aromatic heterocycles. The van der Waals surface area contributed by atoms with E-state index in [-0.39, 0.29) is 24.5 Å². The van der Waals surface area contributed by atoms with E-state index in [0.29, 0.717) is 30.9 Å². The molecule has 0 aliphatic carbocycles. The van der Waals surface area contributed by atoms with Crippen molar-refractivity contribution in [2.45, 2.75) is 36.6 Å². The summed E-state index contributed by atoms with van der Waals surface area (Å²) in [5.41, 5.74) is 0.913. The van der Waals surface area contributed by atoms with E-state index in [1.165, 1.54) is 16.8 Å². The Balaban J connectivity index is 1.36. The van der Waals surface area contributed by atoms with Crippen LogP contribution in [0.15, 0.2) is 64.3 Å². The van der Waals surface area contributed by atoms with Crippen molar-refractivity contribution in [2.24, 2.45) is 0 Å². The van der Waals surface area contributed by atoms with E-state index in [9.17, 15) is 26.4 Å². The molecule has 0 saturated carbocycles. The molecule has 0 bridgehead atoms. The fourth-order valence-electron chi connectivity index (χ4n) is 4.32. The van der Waals surface area contributed by atoms with Crippen LogP contribution in [-0.2, 0) is 16.6 Å². The fraction of sp³-hybridized carbons (Fsp3) is 0.304. The molecule has 1 saturated heterocycles. The van der Waals surface area contributed by atoms with Gasteiger partial charge >= 0.3 is 6.36 Å². The van der Waals surface area contributed by atoms with Crippen LogP contribution in [0.3, 0.4) is 0 Å². The number of rotatable bonds is 6. The van der Waals surface area contributed by atoms with E-state index in [1.54, 1.807) is 0 Å². The molecule has 10 nitrogen and oxygen atoms in total. The van der Waals surface area contributed by atoms with Gasteiger partial charge in [0.25, 0.3) is 5.56 Å². The van der Waals surface area contributed by atoms with Gasteiger partial charge in [-0.1, -0.05) is 47.7 Å². The molecule has 37 heavy (non-hydrogen) atoms. The molecule has 3 heterocycles. The minimum atomic E-state index is -5.03. The van der Waals surface area contributed by atoms with Gasteiger partial charge in [-0.3, -0.25) is 4.79 Å². The summed E-state index contributed by atoms with van der Waals surface area (Å²) in [5.74, 6) is -0.676. The lowest BCUT2D eigenvalue weighted by Gasteiger charge is -2.31. The number of H-pyrrole nitrogens is 1. The summed E-state index contributed by atoms with van der Waals surface area (Å²) in [6, 6.07) is 14.1. The number of hydrogen-bond acceptors (Lipinski definition) is 7. The third-order valence-corrected chi connectivity index (χ3v) is 8.04. The highest BCUT2D eigenvalue weighted by Gasteiger charge is 2.37. The number of sulfonamides is 1. The Morgan fingerprint density at radius 3 is 2.41 bits per heavy atom. The van der Waals surface area contributed by atoms with Crippen molar-refractivity contribution in [2.75, 3.05) is 13.1 Å². The van der Waals surface area contributed by atoms with Crippen LogP contribution in [-0.4, -0.2) is 57.1 Å². The minimum Gasteiger partial charge on any atom is -0.404 e. The molecule has 0 radical (unpaired) electrons. The number of alkyl halides is 3. The summed E-state index contributed by atoms with van der Waals surface area (Å²) < 4.78 is 71.2. The molecule has 0 unspecified atom stereocenters. The topological polar surface area (TPSA) is 123 Å². The third-order valence-electron chi connectivity index (χ3n) is 6.10. The second kappa shape index (κ2) is 9.59. The number of ether oxygens (including phenoxy) is 1. The van der Waals surface area contributed by atoms with Crippen molar-refractivity contribution in [3.63, 3.8) is 0 Å². The number of para-hydroxylation sites is 1. The third kappa shape index (κ3) is 5.20. The van der Waals surface area contributed by atoms with Gasteiger partial charge in [0.2, 0.25) is 10.0 Å². The lowest BCUT2D eigenvalue weighted by atomic mass is 9.97. The van der Waals surface area contributed by atoms with Crippen LogP contribution in [0.25, 0.3) is 11.2 Å². The number of nitrogens with zero attached hydrogens (tertiary/aromatic N) is 5. The molecule has 1 aliphatic rings. The van der Waals surface area contributed by atoms with E-state index >= 15 is 0 Å². The zero-order valence-corrected chi connectivity index (χ0v) is 20.0. The molecule has 0 atom stereocenters. The molecule has 0 spiro atoms. The van der Waals surface area contributed by atoms with Gasteiger partial charge in [-0.15, -0.1) is 18.3 Å². The zero-order valence-electron chi connectivity index (χ0n) is 19.2. The molecule has 14 heteroatoms. The molecule has 4 aromatic rings. The normalized spacial score (nSPS) is 15.8. The largest absolute Gasteiger partial charge is 0.573 e. The number of fused-ring (bicyclic) bond motifs is 1. The average Bonchev–Trinajstić information content (AvgIpc) is 3.27. The van der Waals surface area contributed by atoms with Crippen molar-refractivity contribution >= 4 is 21.2 Å². The quantitative estimate of drug-likeness (QED) is 0.403. The van der Waals surface area contributed by atoms with Crippen molar-refractivity contribution < 1.29 is 26.3 Å². The van der Waals surface area contributed by atoms with Crippen LogP contribution < -0.4 is 10.3 Å². The van der Waals surface area contributed by atoms with Crippen LogP contribution in [0.1, 0.15) is 30.1 Å². The molecule has 1 aliphatic heterocycles. The smallest absolute Gasteiger partial charge is 0.404 e. The van der Waals surface area contributed by atoms with Gasteiger partial charge in [0.05, 0.1) is 6.54 Å². The van der Waals surface area contributed by atoms with Crippen molar-refractivity contribution in [3.8, 4) is 5.75 Å². The monoisotopic (exact) mass is 534 g/mol. The first-order valence-corrected chi connectivity index (χ1v) is 12.8. The lowest BCUT2D eigenvalue weighted by molar-refractivity contribution is -0.275. The lowest BCUT2D eigenvalue weighted by Crippen LogP contribution is -2.38. The van der Waals surface area contributed by atoms with Gasteiger partial charge in [0.1, 0.15) is 16.5 Å². The maximum Gasteiger partial charge on any atom is 0.573 e. The van der Waals surface area contributed by atoms with Crippen molar-refractivity contribution in [3.05, 3.63) is 76.3 Å². The predicted molar refractivity (Wildman–Crippen MR) is 125 cm³/mol. The van der Waals surface area contributed by atoms with E-state index in [2.05, 4.69) is 25.0 Å². The molecule has 2 aromatic carbocycles. The molecular formula is C23H21F3N6O4S. The standard InChI is InChI=1S/C23H21F3N6O4S/c24-23(25,26)36-17-8-4-5-9-18(17)37(34,35)31-12-10-16(11-13-31)20-27-21-19(22(33)28-20)29-30-32(21)14-15-6-2-1-3-7-15/h1-9,16H,10-14H2,(H,27,28,33). The number of piperidine rings is 1. The summed E-state index contributed by atoms with van der Waals surface area (Å²) in [7, 11) is -4.25. The SMILES string of the molecule is O=c1[nH]c(C2CCN(S(=O)(=O)c3ccccc3OC(F)(F)F)CC2)nc2c1nnn2Cc1ccccc1. The second-order valence-electron chi connectivity index (χ2n) is 8.53. The summed E-state index contributed by atoms with van der Waals surface area (Å²) in [5, 5.41) is 7.99. The minimum absolute atomic E-state index is 0.0244.